The number of ether oxygens (including phenoxy) is 1. The van der Waals surface area contributed by atoms with Crippen LogP contribution >= 0.6 is 0 Å². The van der Waals surface area contributed by atoms with E-state index in [1.54, 1.807) is 6.26 Å². The van der Waals surface area contributed by atoms with Gasteiger partial charge in [0.25, 0.3) is 0 Å². The van der Waals surface area contributed by atoms with Gasteiger partial charge in [0.05, 0.1) is 32.1 Å². The number of hydrogen-bond acceptors (Lipinski definition) is 5. The van der Waals surface area contributed by atoms with Gasteiger partial charge in [-0.3, -0.25) is 9.80 Å². The number of β-amino-alcohol motifs (C(OH)–C–C–N with tert-alkyl or cyclic N) is 1. The lowest BCUT2D eigenvalue weighted by atomic mass is 10.2. The molecule has 1 aromatic carbocycles. The van der Waals surface area contributed by atoms with Gasteiger partial charge in [-0.15, -0.1) is 0 Å². The molecule has 5 heteroatoms. The first kappa shape index (κ1) is 17.2. The first-order valence-corrected chi connectivity index (χ1v) is 8.56. The average molecular weight is 330 g/mol. The third-order valence-electron chi connectivity index (χ3n) is 4.25. The summed E-state index contributed by atoms with van der Waals surface area (Å²) in [5.74, 6) is 0.921. The molecule has 0 amide bonds. The Morgan fingerprint density at radius 3 is 2.54 bits per heavy atom. The lowest BCUT2D eigenvalue weighted by Crippen LogP contribution is -2.44. The van der Waals surface area contributed by atoms with E-state index in [0.29, 0.717) is 19.6 Å². The minimum atomic E-state index is -0.387. The van der Waals surface area contributed by atoms with E-state index in [-0.39, 0.29) is 6.10 Å². The van der Waals surface area contributed by atoms with Gasteiger partial charge in [-0.05, 0) is 17.7 Å². The molecule has 1 aromatic heterocycles. The summed E-state index contributed by atoms with van der Waals surface area (Å²) in [6.45, 7) is 6.10. The molecule has 1 fully saturated rings. The molecule has 1 saturated heterocycles. The second kappa shape index (κ2) is 8.99. The van der Waals surface area contributed by atoms with Crippen LogP contribution in [0.3, 0.4) is 0 Å². The summed E-state index contributed by atoms with van der Waals surface area (Å²) in [4.78, 5) is 4.50. The Hall–Kier alpha value is -1.66. The largest absolute Gasteiger partial charge is 0.468 e. The standard InChI is InChI=1S/C19H26N2O3/c22-18(14-20-8-11-23-12-9-20)15-21(16-19-7-4-10-24-19)13-17-5-2-1-3-6-17/h1-7,10,18,22H,8-9,11-16H2. The number of aliphatic hydroxyl groups is 1. The molecule has 1 aliphatic rings. The topological polar surface area (TPSA) is 49.1 Å². The van der Waals surface area contributed by atoms with Crippen molar-refractivity contribution in [2.75, 3.05) is 39.4 Å². The Balaban J connectivity index is 1.57. The molecule has 0 bridgehead atoms. The molecule has 130 valence electrons. The van der Waals surface area contributed by atoms with E-state index >= 15 is 0 Å². The monoisotopic (exact) mass is 330 g/mol. The number of benzene rings is 1. The van der Waals surface area contributed by atoms with Crippen molar-refractivity contribution in [1.82, 2.24) is 9.80 Å². The quantitative estimate of drug-likeness (QED) is 0.802. The third-order valence-corrected chi connectivity index (χ3v) is 4.25. The number of hydrogen-bond donors (Lipinski definition) is 1. The van der Waals surface area contributed by atoms with Gasteiger partial charge in [-0.25, -0.2) is 0 Å². The van der Waals surface area contributed by atoms with E-state index in [4.69, 9.17) is 9.15 Å². The van der Waals surface area contributed by atoms with Crippen LogP contribution in [0.2, 0.25) is 0 Å². The van der Waals surface area contributed by atoms with Crippen molar-refractivity contribution < 1.29 is 14.3 Å². The fourth-order valence-electron chi connectivity index (χ4n) is 3.09. The smallest absolute Gasteiger partial charge is 0.117 e. The van der Waals surface area contributed by atoms with Crippen LogP contribution in [0.15, 0.2) is 53.1 Å². The molecule has 1 aliphatic heterocycles. The maximum atomic E-state index is 10.5. The van der Waals surface area contributed by atoms with E-state index in [1.165, 1.54) is 5.56 Å². The summed E-state index contributed by atoms with van der Waals surface area (Å²) in [6.07, 6.45) is 1.31. The summed E-state index contributed by atoms with van der Waals surface area (Å²) < 4.78 is 10.8. The first-order chi connectivity index (χ1) is 11.8. The van der Waals surface area contributed by atoms with Crippen LogP contribution in [0.4, 0.5) is 0 Å². The van der Waals surface area contributed by atoms with Gasteiger partial charge >= 0.3 is 0 Å². The van der Waals surface area contributed by atoms with Crippen LogP contribution in [0, 0.1) is 0 Å². The highest BCUT2D eigenvalue weighted by Gasteiger charge is 2.18. The van der Waals surface area contributed by atoms with Gasteiger partial charge in [0.2, 0.25) is 0 Å². The molecule has 5 nitrogen and oxygen atoms in total. The summed E-state index contributed by atoms with van der Waals surface area (Å²) in [5, 5.41) is 10.5. The average Bonchev–Trinajstić information content (AvgIpc) is 3.09. The van der Waals surface area contributed by atoms with Crippen molar-refractivity contribution in [3.05, 3.63) is 60.1 Å². The van der Waals surface area contributed by atoms with Crippen molar-refractivity contribution in [3.63, 3.8) is 0 Å². The van der Waals surface area contributed by atoms with E-state index in [2.05, 4.69) is 21.9 Å². The van der Waals surface area contributed by atoms with E-state index < -0.39 is 0 Å². The van der Waals surface area contributed by atoms with Crippen LogP contribution in [0.25, 0.3) is 0 Å². The van der Waals surface area contributed by atoms with E-state index in [9.17, 15) is 5.11 Å². The summed E-state index contributed by atoms with van der Waals surface area (Å²) in [7, 11) is 0. The van der Waals surface area contributed by atoms with Gasteiger partial charge in [0, 0.05) is 32.7 Å². The molecule has 0 saturated carbocycles. The maximum Gasteiger partial charge on any atom is 0.117 e. The zero-order valence-corrected chi connectivity index (χ0v) is 14.0. The van der Waals surface area contributed by atoms with Crippen LogP contribution < -0.4 is 0 Å². The maximum absolute atomic E-state index is 10.5. The molecule has 2 heterocycles. The lowest BCUT2D eigenvalue weighted by molar-refractivity contribution is 0.00508. The summed E-state index contributed by atoms with van der Waals surface area (Å²) >= 11 is 0. The Morgan fingerprint density at radius 2 is 1.83 bits per heavy atom. The minimum Gasteiger partial charge on any atom is -0.468 e. The van der Waals surface area contributed by atoms with Crippen molar-refractivity contribution in [2.24, 2.45) is 0 Å². The molecule has 2 aromatic rings. The molecule has 3 rings (SSSR count). The van der Waals surface area contributed by atoms with Crippen molar-refractivity contribution in [2.45, 2.75) is 19.2 Å². The van der Waals surface area contributed by atoms with Crippen molar-refractivity contribution >= 4 is 0 Å². The zero-order valence-electron chi connectivity index (χ0n) is 14.0. The second-order valence-corrected chi connectivity index (χ2v) is 6.30. The molecule has 1 N–H and O–H groups in total. The molecular formula is C19H26N2O3. The highest BCUT2D eigenvalue weighted by molar-refractivity contribution is 5.14. The molecule has 1 unspecified atom stereocenters. The van der Waals surface area contributed by atoms with Gasteiger partial charge < -0.3 is 14.3 Å². The normalized spacial score (nSPS) is 17.2. The highest BCUT2D eigenvalue weighted by Crippen LogP contribution is 2.12. The summed E-state index contributed by atoms with van der Waals surface area (Å²) in [6, 6.07) is 14.2. The number of morpholine rings is 1. The lowest BCUT2D eigenvalue weighted by Gasteiger charge is -2.31. The molecular weight excluding hydrogens is 304 g/mol. The fraction of sp³-hybridized carbons (Fsp3) is 0.474. The SMILES string of the molecule is OC(CN1CCOCC1)CN(Cc1ccccc1)Cc1ccco1. The number of rotatable bonds is 8. The Bertz CT molecular complexity index is 568. The number of nitrogens with zero attached hydrogens (tertiary/aromatic N) is 2. The molecule has 24 heavy (non-hydrogen) atoms. The van der Waals surface area contributed by atoms with Crippen LogP contribution in [-0.2, 0) is 17.8 Å². The van der Waals surface area contributed by atoms with Crippen LogP contribution in [-0.4, -0.2) is 60.4 Å². The molecule has 1 atom stereocenters. The highest BCUT2D eigenvalue weighted by atomic mass is 16.5. The van der Waals surface area contributed by atoms with Crippen LogP contribution in [0.5, 0.6) is 0 Å². The van der Waals surface area contributed by atoms with Gasteiger partial charge in [0.15, 0.2) is 0 Å². The molecule has 0 radical (unpaired) electrons. The van der Waals surface area contributed by atoms with Gasteiger partial charge in [-0.2, -0.15) is 0 Å². The third kappa shape index (κ3) is 5.46. The predicted molar refractivity (Wildman–Crippen MR) is 92.5 cm³/mol. The fourth-order valence-corrected chi connectivity index (χ4v) is 3.09. The predicted octanol–water partition coefficient (Wildman–Crippen LogP) is 1.97. The van der Waals surface area contributed by atoms with Gasteiger partial charge in [0.1, 0.15) is 5.76 Å². The Kier molecular flexibility index (Phi) is 6.43. The number of aliphatic hydroxyl groups excluding tert-OH is 1. The second-order valence-electron chi connectivity index (χ2n) is 6.30. The molecule has 0 aliphatic carbocycles. The summed E-state index contributed by atoms with van der Waals surface area (Å²) in [5.41, 5.74) is 1.24. The van der Waals surface area contributed by atoms with Gasteiger partial charge in [-0.1, -0.05) is 30.3 Å². The van der Waals surface area contributed by atoms with E-state index in [1.807, 2.05) is 30.3 Å². The Labute approximate surface area is 143 Å². The van der Waals surface area contributed by atoms with Crippen LogP contribution in [0.1, 0.15) is 11.3 Å². The van der Waals surface area contributed by atoms with Crippen molar-refractivity contribution in [1.29, 1.82) is 0 Å². The van der Waals surface area contributed by atoms with Crippen molar-refractivity contribution in [3.8, 4) is 0 Å². The zero-order chi connectivity index (χ0) is 16.6. The minimum absolute atomic E-state index is 0.387. The first-order valence-electron chi connectivity index (χ1n) is 8.56. The Morgan fingerprint density at radius 1 is 1.04 bits per heavy atom. The van der Waals surface area contributed by atoms with E-state index in [0.717, 1.165) is 38.6 Å². The number of furan rings is 1. The molecule has 0 spiro atoms.